The number of hydrogen-bond acceptors (Lipinski definition) is 2. The number of hydrogen-bond donors (Lipinski definition) is 0. The maximum absolute atomic E-state index is 5.36. The third kappa shape index (κ3) is 4.97. The second kappa shape index (κ2) is 11.1. The van der Waals surface area contributed by atoms with Crippen LogP contribution in [0.2, 0.25) is 0 Å². The van der Waals surface area contributed by atoms with Crippen molar-refractivity contribution in [3.63, 3.8) is 0 Å². The van der Waals surface area contributed by atoms with Gasteiger partial charge in [-0.25, -0.2) is 0 Å². The highest BCUT2D eigenvalue weighted by Crippen LogP contribution is 2.37. The first-order valence-electron chi connectivity index (χ1n) is 14.6. The fraction of sp³-hybridized carbons (Fsp3) is 0.100. The highest BCUT2D eigenvalue weighted by molar-refractivity contribution is 6.12. The van der Waals surface area contributed by atoms with Crippen molar-refractivity contribution in [2.24, 2.45) is 0 Å². The third-order valence-corrected chi connectivity index (χ3v) is 8.30. The molecule has 0 saturated heterocycles. The Morgan fingerprint density at radius 2 is 0.810 bits per heavy atom. The maximum Gasteiger partial charge on any atom is 0.0974 e. The summed E-state index contributed by atoms with van der Waals surface area (Å²) in [6.45, 7) is 4.35. The van der Waals surface area contributed by atoms with Crippen LogP contribution >= 0.6 is 0 Å². The van der Waals surface area contributed by atoms with E-state index >= 15 is 0 Å². The summed E-state index contributed by atoms with van der Waals surface area (Å²) >= 11 is 0. The van der Waals surface area contributed by atoms with Gasteiger partial charge in [0.1, 0.15) is 0 Å². The van der Waals surface area contributed by atoms with Gasteiger partial charge in [0.15, 0.2) is 0 Å². The number of aromatic nitrogens is 2. The fourth-order valence-electron chi connectivity index (χ4n) is 5.98. The van der Waals surface area contributed by atoms with Gasteiger partial charge in [-0.1, -0.05) is 121 Å². The average molecular weight is 541 g/mol. The van der Waals surface area contributed by atoms with E-state index in [9.17, 15) is 0 Å². The number of aryl methyl sites for hydroxylation is 2. The molecule has 2 nitrogen and oxygen atoms in total. The molecule has 7 rings (SSSR count). The molecule has 0 aliphatic rings. The molecule has 0 atom stereocenters. The lowest BCUT2D eigenvalue weighted by Crippen LogP contribution is -2.01. The minimum atomic E-state index is 0.771. The van der Waals surface area contributed by atoms with E-state index in [1.54, 1.807) is 0 Å². The molecule has 2 heteroatoms. The molecule has 0 radical (unpaired) electrons. The Morgan fingerprint density at radius 3 is 1.21 bits per heavy atom. The average Bonchev–Trinajstić information content (AvgIpc) is 3.03. The van der Waals surface area contributed by atoms with E-state index in [-0.39, 0.29) is 0 Å². The van der Waals surface area contributed by atoms with E-state index in [2.05, 4.69) is 147 Å². The van der Waals surface area contributed by atoms with Crippen molar-refractivity contribution in [1.29, 1.82) is 0 Å². The summed E-state index contributed by atoms with van der Waals surface area (Å²) < 4.78 is 0. The molecule has 202 valence electrons. The van der Waals surface area contributed by atoms with Gasteiger partial charge in [-0.2, -0.15) is 0 Å². The van der Waals surface area contributed by atoms with Crippen molar-refractivity contribution in [2.45, 2.75) is 26.7 Å². The molecule has 0 amide bonds. The van der Waals surface area contributed by atoms with Crippen LogP contribution in [0.3, 0.4) is 0 Å². The lowest BCUT2D eigenvalue weighted by molar-refractivity contribution is 1.07. The van der Waals surface area contributed by atoms with Gasteiger partial charge in [0.25, 0.3) is 0 Å². The monoisotopic (exact) mass is 540 g/mol. The van der Waals surface area contributed by atoms with Crippen LogP contribution in [0.25, 0.3) is 44.1 Å². The topological polar surface area (TPSA) is 25.8 Å². The summed E-state index contributed by atoms with van der Waals surface area (Å²) in [7, 11) is 0. The van der Waals surface area contributed by atoms with Gasteiger partial charge in [-0.15, -0.1) is 0 Å². The highest BCUT2D eigenvalue weighted by atomic mass is 14.8. The molecular weight excluding hydrogens is 508 g/mol. The third-order valence-electron chi connectivity index (χ3n) is 8.30. The fourth-order valence-corrected chi connectivity index (χ4v) is 5.98. The first kappa shape index (κ1) is 25.9. The Balaban J connectivity index is 1.52. The van der Waals surface area contributed by atoms with Crippen molar-refractivity contribution in [3.8, 4) is 22.3 Å². The van der Waals surface area contributed by atoms with Gasteiger partial charge >= 0.3 is 0 Å². The van der Waals surface area contributed by atoms with E-state index < -0.39 is 0 Å². The van der Waals surface area contributed by atoms with Crippen LogP contribution in [0.5, 0.6) is 0 Å². The standard InChI is InChI=1S/C40H32N2/c1-27-13-9-11-19-31(27)23-33-25-37(29-15-5-3-6-16-29)35-21-22-36-38(30-17-7-4-8-18-30)26-34(42-40(36)39(35)41-33)24-32-20-12-10-14-28(32)2/h3-22,25-26H,23-24H2,1-2H3. The molecule has 0 spiro atoms. The molecule has 2 heterocycles. The smallest absolute Gasteiger partial charge is 0.0974 e. The van der Waals surface area contributed by atoms with Gasteiger partial charge in [0.2, 0.25) is 0 Å². The van der Waals surface area contributed by atoms with Crippen LogP contribution < -0.4 is 0 Å². The quantitative estimate of drug-likeness (QED) is 0.196. The molecule has 0 aliphatic carbocycles. The molecule has 0 saturated carbocycles. The Hall–Kier alpha value is -5.08. The Kier molecular flexibility index (Phi) is 6.81. The Labute approximate surface area is 247 Å². The zero-order valence-electron chi connectivity index (χ0n) is 24.0. The van der Waals surface area contributed by atoms with Crippen molar-refractivity contribution < 1.29 is 0 Å². The molecule has 0 N–H and O–H groups in total. The van der Waals surface area contributed by atoms with Gasteiger partial charge in [0.05, 0.1) is 11.0 Å². The first-order chi connectivity index (χ1) is 20.6. The minimum Gasteiger partial charge on any atom is -0.250 e. The molecule has 0 bridgehead atoms. The molecule has 42 heavy (non-hydrogen) atoms. The number of pyridine rings is 2. The maximum atomic E-state index is 5.36. The number of nitrogens with zero attached hydrogens (tertiary/aromatic N) is 2. The van der Waals surface area contributed by atoms with Crippen LogP contribution in [0.1, 0.15) is 33.6 Å². The van der Waals surface area contributed by atoms with Crippen LogP contribution in [0.15, 0.2) is 133 Å². The summed E-state index contributed by atoms with van der Waals surface area (Å²) in [6.07, 6.45) is 1.54. The van der Waals surface area contributed by atoms with Gasteiger partial charge in [0, 0.05) is 35.0 Å². The van der Waals surface area contributed by atoms with E-state index in [4.69, 9.17) is 9.97 Å². The summed E-state index contributed by atoms with van der Waals surface area (Å²) in [5.41, 5.74) is 13.9. The molecule has 0 aliphatic heterocycles. The lowest BCUT2D eigenvalue weighted by atomic mass is 9.93. The Bertz CT molecular complexity index is 1890. The molecular formula is C40H32N2. The molecule has 7 aromatic rings. The highest BCUT2D eigenvalue weighted by Gasteiger charge is 2.17. The molecule has 5 aromatic carbocycles. The Morgan fingerprint density at radius 1 is 0.429 bits per heavy atom. The minimum absolute atomic E-state index is 0.771. The van der Waals surface area contributed by atoms with Crippen LogP contribution in [-0.4, -0.2) is 9.97 Å². The van der Waals surface area contributed by atoms with Gasteiger partial charge in [-0.05, 0) is 70.5 Å². The van der Waals surface area contributed by atoms with Crippen molar-refractivity contribution in [3.05, 3.63) is 167 Å². The van der Waals surface area contributed by atoms with Crippen LogP contribution in [0, 0.1) is 13.8 Å². The predicted octanol–water partition coefficient (Wildman–Crippen LogP) is 9.92. The van der Waals surface area contributed by atoms with Gasteiger partial charge < -0.3 is 0 Å². The number of fused-ring (bicyclic) bond motifs is 3. The summed E-state index contributed by atoms with van der Waals surface area (Å²) in [5.74, 6) is 0. The second-order valence-corrected chi connectivity index (χ2v) is 11.1. The normalized spacial score (nSPS) is 11.3. The van der Waals surface area contributed by atoms with E-state index in [0.717, 1.165) is 46.0 Å². The summed E-state index contributed by atoms with van der Waals surface area (Å²) in [4.78, 5) is 10.7. The van der Waals surface area contributed by atoms with Crippen molar-refractivity contribution >= 4 is 21.8 Å². The van der Waals surface area contributed by atoms with Crippen molar-refractivity contribution in [1.82, 2.24) is 9.97 Å². The number of benzene rings is 5. The molecule has 0 unspecified atom stereocenters. The van der Waals surface area contributed by atoms with Crippen LogP contribution in [0.4, 0.5) is 0 Å². The molecule has 2 aromatic heterocycles. The summed E-state index contributed by atoms with van der Waals surface area (Å²) in [6, 6.07) is 47.5. The summed E-state index contributed by atoms with van der Waals surface area (Å²) in [5, 5.41) is 2.25. The SMILES string of the molecule is Cc1ccccc1Cc1cc(-c2ccccc2)c2ccc3c(-c4ccccc4)cc(Cc4ccccc4C)nc3c2n1. The first-order valence-corrected chi connectivity index (χ1v) is 14.6. The van der Waals surface area contributed by atoms with Crippen molar-refractivity contribution in [2.75, 3.05) is 0 Å². The van der Waals surface area contributed by atoms with E-state index in [1.807, 2.05) is 0 Å². The van der Waals surface area contributed by atoms with Crippen LogP contribution in [-0.2, 0) is 12.8 Å². The molecule has 0 fully saturated rings. The zero-order chi connectivity index (χ0) is 28.5. The van der Waals surface area contributed by atoms with E-state index in [0.29, 0.717) is 0 Å². The van der Waals surface area contributed by atoms with Gasteiger partial charge in [-0.3, -0.25) is 9.97 Å². The second-order valence-electron chi connectivity index (χ2n) is 11.1. The predicted molar refractivity (Wildman–Crippen MR) is 176 cm³/mol. The lowest BCUT2D eigenvalue weighted by Gasteiger charge is -2.16. The van der Waals surface area contributed by atoms with E-state index in [1.165, 1.54) is 44.5 Å². The zero-order valence-corrected chi connectivity index (χ0v) is 24.0. The largest absolute Gasteiger partial charge is 0.250 e. The number of rotatable bonds is 6.